The van der Waals surface area contributed by atoms with E-state index in [4.69, 9.17) is 14.7 Å². The van der Waals surface area contributed by atoms with Crippen molar-refractivity contribution in [1.82, 2.24) is 0 Å². The Labute approximate surface area is 115 Å². The Kier molecular flexibility index (Phi) is 4.23. The topological polar surface area (TPSA) is 45.5 Å². The summed E-state index contributed by atoms with van der Waals surface area (Å²) in [5, 5.41) is 8.99. The number of benzene rings is 1. The van der Waals surface area contributed by atoms with Crippen LogP contribution < -0.4 is 4.90 Å². The fraction of sp³-hybridized carbons (Fsp3) is 0.462. The number of rotatable bonds is 3. The quantitative estimate of drug-likeness (QED) is 0.858. The molecule has 1 aromatic carbocycles. The van der Waals surface area contributed by atoms with E-state index in [0.717, 1.165) is 23.2 Å². The number of halogens is 1. The molecule has 1 fully saturated rings. The molecule has 0 aromatic heterocycles. The first-order valence-electron chi connectivity index (χ1n) is 5.69. The lowest BCUT2D eigenvalue weighted by atomic mass is 10.2. The molecule has 2 atom stereocenters. The van der Waals surface area contributed by atoms with Crippen molar-refractivity contribution in [2.45, 2.75) is 12.2 Å². The SMILES string of the molecule is COC1CN(c2cc(Br)cc(C#N)c2)CC1OC. The van der Waals surface area contributed by atoms with Crippen LogP contribution in [0, 0.1) is 11.3 Å². The van der Waals surface area contributed by atoms with Crippen LogP contribution >= 0.6 is 15.9 Å². The van der Waals surface area contributed by atoms with E-state index in [-0.39, 0.29) is 12.2 Å². The zero-order chi connectivity index (χ0) is 13.1. The number of nitriles is 1. The smallest absolute Gasteiger partial charge is 0.102 e. The molecule has 18 heavy (non-hydrogen) atoms. The minimum atomic E-state index is 0.0690. The first-order chi connectivity index (χ1) is 8.67. The molecule has 0 aliphatic carbocycles. The number of ether oxygens (including phenoxy) is 2. The summed E-state index contributed by atoms with van der Waals surface area (Å²) < 4.78 is 11.7. The molecule has 2 rings (SSSR count). The molecule has 2 unspecified atom stereocenters. The molecule has 0 saturated carbocycles. The average molecular weight is 311 g/mol. The third-order valence-corrected chi connectivity index (χ3v) is 3.66. The summed E-state index contributed by atoms with van der Waals surface area (Å²) in [6.45, 7) is 1.55. The van der Waals surface area contributed by atoms with Crippen molar-refractivity contribution in [2.75, 3.05) is 32.2 Å². The van der Waals surface area contributed by atoms with Gasteiger partial charge in [-0.1, -0.05) is 15.9 Å². The summed E-state index contributed by atoms with van der Waals surface area (Å²) in [6.07, 6.45) is 0.138. The molecule has 0 radical (unpaired) electrons. The number of anilines is 1. The highest BCUT2D eigenvalue weighted by atomic mass is 79.9. The highest BCUT2D eigenvalue weighted by Gasteiger charge is 2.33. The Bertz CT molecular complexity index is 461. The van der Waals surface area contributed by atoms with Crippen LogP contribution in [0.3, 0.4) is 0 Å². The Morgan fingerprint density at radius 1 is 1.22 bits per heavy atom. The monoisotopic (exact) mass is 310 g/mol. The van der Waals surface area contributed by atoms with Crippen molar-refractivity contribution in [3.8, 4) is 6.07 Å². The molecule has 1 aromatic rings. The van der Waals surface area contributed by atoms with Gasteiger partial charge in [-0.25, -0.2) is 0 Å². The number of hydrogen-bond acceptors (Lipinski definition) is 4. The van der Waals surface area contributed by atoms with E-state index in [1.165, 1.54) is 0 Å². The summed E-state index contributed by atoms with van der Waals surface area (Å²) in [4.78, 5) is 2.17. The van der Waals surface area contributed by atoms with E-state index in [1.807, 2.05) is 12.1 Å². The second kappa shape index (κ2) is 5.70. The van der Waals surface area contributed by atoms with E-state index in [1.54, 1.807) is 20.3 Å². The van der Waals surface area contributed by atoms with Crippen molar-refractivity contribution in [1.29, 1.82) is 5.26 Å². The van der Waals surface area contributed by atoms with Crippen LogP contribution in [-0.2, 0) is 9.47 Å². The molecular formula is C13H15BrN2O2. The fourth-order valence-corrected chi connectivity index (χ4v) is 2.71. The average Bonchev–Trinajstić information content (AvgIpc) is 2.81. The second-order valence-electron chi connectivity index (χ2n) is 4.26. The lowest BCUT2D eigenvalue weighted by molar-refractivity contribution is -0.00461. The van der Waals surface area contributed by atoms with E-state index in [9.17, 15) is 0 Å². The molecule has 1 aliphatic rings. The van der Waals surface area contributed by atoms with E-state index in [2.05, 4.69) is 26.9 Å². The molecule has 1 saturated heterocycles. The molecular weight excluding hydrogens is 296 g/mol. The van der Waals surface area contributed by atoms with Gasteiger partial charge in [0.1, 0.15) is 12.2 Å². The van der Waals surface area contributed by atoms with Crippen molar-refractivity contribution in [2.24, 2.45) is 0 Å². The predicted molar refractivity (Wildman–Crippen MR) is 72.7 cm³/mol. The van der Waals surface area contributed by atoms with Crippen LogP contribution in [0.1, 0.15) is 5.56 Å². The molecule has 1 aliphatic heterocycles. The molecule has 4 nitrogen and oxygen atoms in total. The van der Waals surface area contributed by atoms with Gasteiger partial charge in [-0.15, -0.1) is 0 Å². The first kappa shape index (κ1) is 13.3. The molecule has 0 bridgehead atoms. The summed E-state index contributed by atoms with van der Waals surface area (Å²) >= 11 is 3.42. The van der Waals surface area contributed by atoms with Crippen molar-refractivity contribution in [3.63, 3.8) is 0 Å². The highest BCUT2D eigenvalue weighted by molar-refractivity contribution is 9.10. The van der Waals surface area contributed by atoms with E-state index < -0.39 is 0 Å². The van der Waals surface area contributed by atoms with Gasteiger partial charge in [0.15, 0.2) is 0 Å². The van der Waals surface area contributed by atoms with Gasteiger partial charge in [-0.05, 0) is 18.2 Å². The van der Waals surface area contributed by atoms with Gasteiger partial charge in [-0.2, -0.15) is 5.26 Å². The number of nitrogens with zero attached hydrogens (tertiary/aromatic N) is 2. The maximum atomic E-state index is 8.99. The standard InChI is InChI=1S/C13H15BrN2O2/c1-17-12-7-16(8-13(12)18-2)11-4-9(6-15)3-10(14)5-11/h3-5,12-13H,7-8H2,1-2H3. The van der Waals surface area contributed by atoms with Gasteiger partial charge >= 0.3 is 0 Å². The van der Waals surface area contributed by atoms with Gasteiger partial charge in [0.05, 0.1) is 11.6 Å². The second-order valence-corrected chi connectivity index (χ2v) is 5.18. The van der Waals surface area contributed by atoms with E-state index >= 15 is 0 Å². The molecule has 0 spiro atoms. The van der Waals surface area contributed by atoms with Gasteiger partial charge in [0.2, 0.25) is 0 Å². The minimum absolute atomic E-state index is 0.0690. The van der Waals surface area contributed by atoms with Crippen molar-refractivity contribution >= 4 is 21.6 Å². The van der Waals surface area contributed by atoms with Crippen LogP contribution in [0.25, 0.3) is 0 Å². The van der Waals surface area contributed by atoms with Crippen LogP contribution in [0.4, 0.5) is 5.69 Å². The Morgan fingerprint density at radius 2 is 1.83 bits per heavy atom. The largest absolute Gasteiger partial charge is 0.377 e. The normalized spacial score (nSPS) is 23.1. The van der Waals surface area contributed by atoms with Gasteiger partial charge < -0.3 is 14.4 Å². The highest BCUT2D eigenvalue weighted by Crippen LogP contribution is 2.27. The number of hydrogen-bond donors (Lipinski definition) is 0. The Hall–Kier alpha value is -1.09. The van der Waals surface area contributed by atoms with Crippen molar-refractivity contribution < 1.29 is 9.47 Å². The summed E-state index contributed by atoms with van der Waals surface area (Å²) in [6, 6.07) is 7.86. The third-order valence-electron chi connectivity index (χ3n) is 3.20. The summed E-state index contributed by atoms with van der Waals surface area (Å²) in [5.41, 5.74) is 1.66. The number of methoxy groups -OCH3 is 2. The molecule has 0 N–H and O–H groups in total. The zero-order valence-electron chi connectivity index (χ0n) is 10.4. The van der Waals surface area contributed by atoms with Crippen LogP contribution in [-0.4, -0.2) is 39.5 Å². The first-order valence-corrected chi connectivity index (χ1v) is 6.48. The van der Waals surface area contributed by atoms with Gasteiger partial charge in [0, 0.05) is 37.5 Å². The maximum absolute atomic E-state index is 8.99. The summed E-state index contributed by atoms with van der Waals surface area (Å²) in [7, 11) is 3.39. The van der Waals surface area contributed by atoms with Crippen molar-refractivity contribution in [3.05, 3.63) is 28.2 Å². The van der Waals surface area contributed by atoms with Crippen LogP contribution in [0.15, 0.2) is 22.7 Å². The lowest BCUT2D eigenvalue weighted by Crippen LogP contribution is -2.27. The zero-order valence-corrected chi connectivity index (χ0v) is 12.0. The maximum Gasteiger partial charge on any atom is 0.102 e. The minimum Gasteiger partial charge on any atom is -0.377 e. The third kappa shape index (κ3) is 2.66. The van der Waals surface area contributed by atoms with Gasteiger partial charge in [0.25, 0.3) is 0 Å². The predicted octanol–water partition coefficient (Wildman–Crippen LogP) is 2.17. The Balaban J connectivity index is 2.23. The van der Waals surface area contributed by atoms with Crippen LogP contribution in [0.2, 0.25) is 0 Å². The molecule has 0 amide bonds. The molecule has 1 heterocycles. The molecule has 96 valence electrons. The Morgan fingerprint density at radius 3 is 2.33 bits per heavy atom. The fourth-order valence-electron chi connectivity index (χ4n) is 2.23. The van der Waals surface area contributed by atoms with Crippen LogP contribution in [0.5, 0.6) is 0 Å². The lowest BCUT2D eigenvalue weighted by Gasteiger charge is -2.18. The van der Waals surface area contributed by atoms with Gasteiger partial charge in [-0.3, -0.25) is 0 Å². The molecule has 5 heteroatoms. The van der Waals surface area contributed by atoms with E-state index in [0.29, 0.717) is 5.56 Å². The summed E-state index contributed by atoms with van der Waals surface area (Å²) in [5.74, 6) is 0.